The molecule has 0 spiro atoms. The highest BCUT2D eigenvalue weighted by atomic mass is 15.3. The van der Waals surface area contributed by atoms with Gasteiger partial charge in [0, 0.05) is 0 Å². The van der Waals surface area contributed by atoms with Crippen molar-refractivity contribution in [3.05, 3.63) is 0 Å². The molecule has 0 heterocycles. The maximum atomic E-state index is 2.27. The molecule has 0 aliphatic heterocycles. The highest BCUT2D eigenvalue weighted by Crippen LogP contribution is 2.06. The summed E-state index contributed by atoms with van der Waals surface area (Å²) in [6, 6.07) is 0. The molecule has 0 rings (SSSR count). The van der Waals surface area contributed by atoms with Gasteiger partial charge in [0.1, 0.15) is 0 Å². The SMILES string of the molecule is CCCCCCCC[N+](C)(C)C.N. The second-order valence-electron chi connectivity index (χ2n) is 4.78. The molecule has 0 amide bonds. The van der Waals surface area contributed by atoms with Gasteiger partial charge < -0.3 is 10.6 Å². The molecule has 0 aromatic heterocycles. The molecule has 3 N–H and O–H groups in total. The smallest absolute Gasteiger partial charge is 0.0780 e. The molecule has 0 saturated heterocycles. The Morgan fingerprint density at radius 2 is 1.23 bits per heavy atom. The van der Waals surface area contributed by atoms with E-state index in [2.05, 4.69) is 28.1 Å². The summed E-state index contributed by atoms with van der Waals surface area (Å²) < 4.78 is 1.12. The summed E-state index contributed by atoms with van der Waals surface area (Å²) in [5, 5.41) is 0. The zero-order valence-electron chi connectivity index (χ0n) is 10.1. The lowest BCUT2D eigenvalue weighted by molar-refractivity contribution is -0.870. The maximum absolute atomic E-state index is 2.27. The fourth-order valence-corrected chi connectivity index (χ4v) is 1.37. The molecule has 2 heteroatoms. The Bertz CT molecular complexity index is 94.8. The van der Waals surface area contributed by atoms with Gasteiger partial charge in [0.25, 0.3) is 0 Å². The van der Waals surface area contributed by atoms with Crippen molar-refractivity contribution in [2.75, 3.05) is 27.7 Å². The maximum Gasteiger partial charge on any atom is 0.0780 e. The zero-order chi connectivity index (χ0) is 9.45. The molecule has 0 aromatic carbocycles. The normalized spacial score (nSPS) is 11.1. The predicted molar refractivity (Wildman–Crippen MR) is 61.3 cm³/mol. The fourth-order valence-electron chi connectivity index (χ4n) is 1.37. The van der Waals surface area contributed by atoms with Crippen molar-refractivity contribution in [2.24, 2.45) is 0 Å². The van der Waals surface area contributed by atoms with Crippen LogP contribution < -0.4 is 6.15 Å². The lowest BCUT2D eigenvalue weighted by Gasteiger charge is -2.23. The average Bonchev–Trinajstić information content (AvgIpc) is 1.94. The van der Waals surface area contributed by atoms with Crippen molar-refractivity contribution in [2.45, 2.75) is 45.4 Å². The molecule has 0 saturated carbocycles. The molecule has 0 atom stereocenters. The standard InChI is InChI=1S/C11H26N.H3N/c1-5-6-7-8-9-10-11-12(2,3)4;/h5-11H2,1-4H3;1H3/q+1;. The highest BCUT2D eigenvalue weighted by Gasteiger charge is 2.04. The summed E-state index contributed by atoms with van der Waals surface area (Å²) in [5.74, 6) is 0. The van der Waals surface area contributed by atoms with Crippen LogP contribution in [-0.2, 0) is 0 Å². The van der Waals surface area contributed by atoms with Crippen molar-refractivity contribution < 1.29 is 4.48 Å². The van der Waals surface area contributed by atoms with Gasteiger partial charge in [0.2, 0.25) is 0 Å². The number of hydrogen-bond donors (Lipinski definition) is 1. The van der Waals surface area contributed by atoms with Gasteiger partial charge in [-0.1, -0.05) is 32.6 Å². The zero-order valence-corrected chi connectivity index (χ0v) is 10.1. The summed E-state index contributed by atoms with van der Waals surface area (Å²) >= 11 is 0. The first-order chi connectivity index (χ1) is 5.56. The molecule has 0 aromatic rings. The van der Waals surface area contributed by atoms with Gasteiger partial charge in [-0.05, 0) is 12.8 Å². The van der Waals surface area contributed by atoms with E-state index < -0.39 is 0 Å². The first-order valence-corrected chi connectivity index (χ1v) is 5.36. The summed E-state index contributed by atoms with van der Waals surface area (Å²) in [5.41, 5.74) is 0. The van der Waals surface area contributed by atoms with Crippen LogP contribution in [0.15, 0.2) is 0 Å². The largest absolute Gasteiger partial charge is 0.344 e. The van der Waals surface area contributed by atoms with Crippen LogP contribution in [0.3, 0.4) is 0 Å². The van der Waals surface area contributed by atoms with Crippen LogP contribution in [0.4, 0.5) is 0 Å². The van der Waals surface area contributed by atoms with Gasteiger partial charge in [-0.3, -0.25) is 0 Å². The Hall–Kier alpha value is -0.0800. The van der Waals surface area contributed by atoms with E-state index in [1.807, 2.05) is 0 Å². The minimum absolute atomic E-state index is 0. The third-order valence-electron chi connectivity index (χ3n) is 2.18. The Balaban J connectivity index is 0. The molecule has 0 unspecified atom stereocenters. The van der Waals surface area contributed by atoms with Crippen LogP contribution in [0.1, 0.15) is 45.4 Å². The minimum atomic E-state index is 0. The third-order valence-corrected chi connectivity index (χ3v) is 2.18. The van der Waals surface area contributed by atoms with Crippen molar-refractivity contribution >= 4 is 0 Å². The van der Waals surface area contributed by atoms with Crippen molar-refractivity contribution in [3.8, 4) is 0 Å². The Kier molecular flexibility index (Phi) is 10.1. The van der Waals surface area contributed by atoms with Crippen molar-refractivity contribution in [1.29, 1.82) is 0 Å². The van der Waals surface area contributed by atoms with Crippen molar-refractivity contribution in [3.63, 3.8) is 0 Å². The third kappa shape index (κ3) is 14.7. The van der Waals surface area contributed by atoms with Gasteiger partial charge >= 0.3 is 0 Å². The van der Waals surface area contributed by atoms with Gasteiger partial charge in [-0.15, -0.1) is 0 Å². The lowest BCUT2D eigenvalue weighted by Crippen LogP contribution is -2.35. The van der Waals surface area contributed by atoms with E-state index in [-0.39, 0.29) is 6.15 Å². The van der Waals surface area contributed by atoms with Crippen LogP contribution in [0.5, 0.6) is 0 Å². The molecule has 0 fully saturated rings. The number of unbranched alkanes of at least 4 members (excludes halogenated alkanes) is 5. The second-order valence-corrected chi connectivity index (χ2v) is 4.78. The number of hydrogen-bond acceptors (Lipinski definition) is 1. The summed E-state index contributed by atoms with van der Waals surface area (Å²) in [4.78, 5) is 0. The van der Waals surface area contributed by atoms with Crippen LogP contribution in [-0.4, -0.2) is 32.2 Å². The fraction of sp³-hybridized carbons (Fsp3) is 1.00. The van der Waals surface area contributed by atoms with Crippen LogP contribution >= 0.6 is 0 Å². The van der Waals surface area contributed by atoms with Crippen LogP contribution in [0.2, 0.25) is 0 Å². The van der Waals surface area contributed by atoms with E-state index in [1.165, 1.54) is 45.1 Å². The van der Waals surface area contributed by atoms with Crippen molar-refractivity contribution in [1.82, 2.24) is 6.15 Å². The molecule has 0 radical (unpaired) electrons. The first-order valence-electron chi connectivity index (χ1n) is 5.36. The highest BCUT2D eigenvalue weighted by molar-refractivity contribution is 4.42. The molecular formula is C11H29N2+. The van der Waals surface area contributed by atoms with E-state index in [4.69, 9.17) is 0 Å². The molecule has 2 nitrogen and oxygen atoms in total. The van der Waals surface area contributed by atoms with Crippen LogP contribution in [0, 0.1) is 0 Å². The van der Waals surface area contributed by atoms with E-state index in [0.29, 0.717) is 0 Å². The molecule has 82 valence electrons. The number of quaternary nitrogens is 1. The summed E-state index contributed by atoms with van der Waals surface area (Å²) in [6.45, 7) is 3.60. The van der Waals surface area contributed by atoms with Gasteiger partial charge in [-0.2, -0.15) is 0 Å². The average molecular weight is 189 g/mol. The topological polar surface area (TPSA) is 35.0 Å². The Morgan fingerprint density at radius 3 is 1.69 bits per heavy atom. The van der Waals surface area contributed by atoms with Gasteiger partial charge in [0.05, 0.1) is 27.7 Å². The Morgan fingerprint density at radius 1 is 0.769 bits per heavy atom. The van der Waals surface area contributed by atoms with Gasteiger partial charge in [0.15, 0.2) is 0 Å². The number of rotatable bonds is 7. The van der Waals surface area contributed by atoms with E-state index in [1.54, 1.807) is 0 Å². The molecule has 0 bridgehead atoms. The number of nitrogens with zero attached hydrogens (tertiary/aromatic N) is 1. The van der Waals surface area contributed by atoms with Gasteiger partial charge in [-0.25, -0.2) is 0 Å². The monoisotopic (exact) mass is 189 g/mol. The summed E-state index contributed by atoms with van der Waals surface area (Å²) in [7, 11) is 6.81. The molecular weight excluding hydrogens is 160 g/mol. The van der Waals surface area contributed by atoms with E-state index in [9.17, 15) is 0 Å². The minimum Gasteiger partial charge on any atom is -0.344 e. The predicted octanol–water partition coefficient (Wildman–Crippen LogP) is 3.22. The van der Waals surface area contributed by atoms with Crippen LogP contribution in [0.25, 0.3) is 0 Å². The lowest BCUT2D eigenvalue weighted by atomic mass is 10.1. The summed E-state index contributed by atoms with van der Waals surface area (Å²) in [6.07, 6.45) is 8.48. The quantitative estimate of drug-likeness (QED) is 0.484. The van der Waals surface area contributed by atoms with E-state index in [0.717, 1.165) is 4.48 Å². The molecule has 0 aliphatic rings. The molecule has 13 heavy (non-hydrogen) atoms. The second kappa shape index (κ2) is 8.52. The van der Waals surface area contributed by atoms with E-state index >= 15 is 0 Å². The Labute approximate surface area is 84.5 Å². The first kappa shape index (κ1) is 15.4. The molecule has 0 aliphatic carbocycles.